The third-order valence-electron chi connectivity index (χ3n) is 1.35. The zero-order valence-corrected chi connectivity index (χ0v) is 5.85. The summed E-state index contributed by atoms with van der Waals surface area (Å²) in [4.78, 5) is 12.7. The van der Waals surface area contributed by atoms with Gasteiger partial charge in [-0.05, 0) is 5.53 Å². The molecule has 0 aromatic heterocycles. The first-order valence-electron chi connectivity index (χ1n) is 2.86. The maximum Gasteiger partial charge on any atom is 0.306 e. The first-order chi connectivity index (χ1) is 4.59. The third kappa shape index (κ3) is 2.37. The van der Waals surface area contributed by atoms with Crippen molar-refractivity contribution in [1.82, 2.24) is 0 Å². The van der Waals surface area contributed by atoms with Crippen LogP contribution in [0.3, 0.4) is 0 Å². The number of aliphatic carboxylic acids is 1. The van der Waals surface area contributed by atoms with Crippen LogP contribution in [-0.4, -0.2) is 17.1 Å². The number of hydrogen-bond acceptors (Lipinski definition) is 2. The van der Waals surface area contributed by atoms with E-state index in [1.54, 1.807) is 6.92 Å². The van der Waals surface area contributed by atoms with E-state index in [1.165, 1.54) is 6.92 Å². The molecule has 0 bridgehead atoms. The number of carboxylic acid groups (broad SMARTS) is 1. The molecule has 0 aromatic carbocycles. The van der Waals surface area contributed by atoms with Crippen LogP contribution < -0.4 is 0 Å². The van der Waals surface area contributed by atoms with E-state index >= 15 is 0 Å². The second kappa shape index (κ2) is 3.74. The van der Waals surface area contributed by atoms with Crippen LogP contribution in [0.5, 0.6) is 0 Å². The maximum atomic E-state index is 10.2. The lowest BCUT2D eigenvalue weighted by atomic mass is 10.1. The molecule has 0 saturated heterocycles. The molecule has 0 unspecified atom stereocenters. The van der Waals surface area contributed by atoms with Crippen molar-refractivity contribution in [2.24, 2.45) is 11.0 Å². The summed E-state index contributed by atoms with van der Waals surface area (Å²) < 4.78 is 0. The van der Waals surface area contributed by atoms with Crippen molar-refractivity contribution in [3.8, 4) is 0 Å². The van der Waals surface area contributed by atoms with Gasteiger partial charge < -0.3 is 5.11 Å². The minimum atomic E-state index is -0.945. The van der Waals surface area contributed by atoms with Crippen LogP contribution in [0.2, 0.25) is 0 Å². The molecular formula is C5H9N3O2. The summed E-state index contributed by atoms with van der Waals surface area (Å²) in [6, 6.07) is -0.484. The van der Waals surface area contributed by atoms with Gasteiger partial charge in [0.1, 0.15) is 0 Å². The predicted molar refractivity (Wildman–Crippen MR) is 35.4 cm³/mol. The van der Waals surface area contributed by atoms with Gasteiger partial charge >= 0.3 is 5.97 Å². The van der Waals surface area contributed by atoms with Crippen LogP contribution in [0.15, 0.2) is 5.11 Å². The van der Waals surface area contributed by atoms with E-state index in [2.05, 4.69) is 10.0 Å². The largest absolute Gasteiger partial charge is 0.481 e. The fourth-order valence-corrected chi connectivity index (χ4v) is 0.388. The number of hydrogen-bond donors (Lipinski definition) is 1. The standard InChI is InChI=1S/C5H9N3O2/c1-3(5(9)10)4(2)7-8-6/h3-4H,1-2H3,(H,9,10)/t3-,4-/m0/s1. The summed E-state index contributed by atoms with van der Waals surface area (Å²) in [6.45, 7) is 3.07. The maximum absolute atomic E-state index is 10.2. The molecule has 0 aliphatic heterocycles. The number of carbonyl (C=O) groups is 1. The monoisotopic (exact) mass is 143 g/mol. The van der Waals surface area contributed by atoms with Crippen molar-refractivity contribution in [3.05, 3.63) is 10.4 Å². The number of carboxylic acids is 1. The lowest BCUT2D eigenvalue weighted by molar-refractivity contribution is -0.141. The van der Waals surface area contributed by atoms with Crippen molar-refractivity contribution < 1.29 is 9.90 Å². The van der Waals surface area contributed by atoms with Crippen molar-refractivity contribution >= 4 is 5.97 Å². The molecule has 0 radical (unpaired) electrons. The van der Waals surface area contributed by atoms with E-state index in [1.807, 2.05) is 0 Å². The van der Waals surface area contributed by atoms with Crippen LogP contribution in [0, 0.1) is 5.92 Å². The molecule has 0 saturated carbocycles. The van der Waals surface area contributed by atoms with Crippen molar-refractivity contribution in [2.45, 2.75) is 19.9 Å². The zero-order chi connectivity index (χ0) is 8.15. The Hall–Kier alpha value is -1.22. The Balaban J connectivity index is 4.06. The molecule has 1 N–H and O–H groups in total. The normalized spacial score (nSPS) is 15.0. The quantitative estimate of drug-likeness (QED) is 0.367. The van der Waals surface area contributed by atoms with Gasteiger partial charge in [-0.25, -0.2) is 0 Å². The first-order valence-corrected chi connectivity index (χ1v) is 2.86. The molecule has 0 fully saturated rings. The molecular weight excluding hydrogens is 134 g/mol. The third-order valence-corrected chi connectivity index (χ3v) is 1.35. The van der Waals surface area contributed by atoms with E-state index in [0.29, 0.717) is 0 Å². The van der Waals surface area contributed by atoms with Gasteiger partial charge in [0, 0.05) is 11.0 Å². The summed E-state index contributed by atoms with van der Waals surface area (Å²) in [6.07, 6.45) is 0. The Labute approximate surface area is 58.3 Å². The smallest absolute Gasteiger partial charge is 0.306 e. The van der Waals surface area contributed by atoms with Crippen LogP contribution >= 0.6 is 0 Å². The number of azide groups is 1. The van der Waals surface area contributed by atoms with Crippen LogP contribution in [-0.2, 0) is 4.79 Å². The fraction of sp³-hybridized carbons (Fsp3) is 0.800. The topological polar surface area (TPSA) is 86.1 Å². The molecule has 0 aromatic rings. The lowest BCUT2D eigenvalue weighted by Crippen LogP contribution is -2.20. The minimum absolute atomic E-state index is 0.484. The van der Waals surface area contributed by atoms with Crippen LogP contribution in [0.25, 0.3) is 10.4 Å². The number of rotatable bonds is 3. The highest BCUT2D eigenvalue weighted by atomic mass is 16.4. The van der Waals surface area contributed by atoms with Gasteiger partial charge in [0.05, 0.1) is 5.92 Å². The minimum Gasteiger partial charge on any atom is -0.481 e. The second-order valence-corrected chi connectivity index (χ2v) is 2.07. The molecule has 5 heteroatoms. The van der Waals surface area contributed by atoms with Gasteiger partial charge in [0.15, 0.2) is 0 Å². The molecule has 0 heterocycles. The van der Waals surface area contributed by atoms with Gasteiger partial charge in [0.25, 0.3) is 0 Å². The van der Waals surface area contributed by atoms with Crippen molar-refractivity contribution in [2.75, 3.05) is 0 Å². The van der Waals surface area contributed by atoms with Gasteiger partial charge in [-0.1, -0.05) is 19.0 Å². The van der Waals surface area contributed by atoms with Gasteiger partial charge in [-0.2, -0.15) is 0 Å². The molecule has 10 heavy (non-hydrogen) atoms. The van der Waals surface area contributed by atoms with E-state index < -0.39 is 17.9 Å². The van der Waals surface area contributed by atoms with E-state index in [4.69, 9.17) is 10.6 Å². The van der Waals surface area contributed by atoms with E-state index in [9.17, 15) is 4.79 Å². The second-order valence-electron chi connectivity index (χ2n) is 2.07. The summed E-state index contributed by atoms with van der Waals surface area (Å²) in [5, 5.41) is 11.6. The summed E-state index contributed by atoms with van der Waals surface area (Å²) in [7, 11) is 0. The average molecular weight is 143 g/mol. The molecule has 2 atom stereocenters. The Morgan fingerprint density at radius 1 is 1.70 bits per heavy atom. The molecule has 56 valence electrons. The Morgan fingerprint density at radius 2 is 2.20 bits per heavy atom. The van der Waals surface area contributed by atoms with Crippen molar-refractivity contribution in [3.63, 3.8) is 0 Å². The van der Waals surface area contributed by atoms with Crippen LogP contribution in [0.4, 0.5) is 0 Å². The van der Waals surface area contributed by atoms with Crippen molar-refractivity contribution in [1.29, 1.82) is 0 Å². The Bertz CT molecular complexity index is 168. The highest BCUT2D eigenvalue weighted by Gasteiger charge is 2.17. The highest BCUT2D eigenvalue weighted by molar-refractivity contribution is 5.70. The predicted octanol–water partition coefficient (Wildman–Crippen LogP) is 1.41. The summed E-state index contributed by atoms with van der Waals surface area (Å²) in [5.74, 6) is -1.56. The highest BCUT2D eigenvalue weighted by Crippen LogP contribution is 2.05. The van der Waals surface area contributed by atoms with Gasteiger partial charge in [-0.3, -0.25) is 4.79 Å². The molecule has 0 spiro atoms. The molecule has 0 amide bonds. The molecule has 0 rings (SSSR count). The van der Waals surface area contributed by atoms with Gasteiger partial charge in [-0.15, -0.1) is 0 Å². The zero-order valence-electron chi connectivity index (χ0n) is 5.85. The first kappa shape index (κ1) is 8.78. The summed E-state index contributed by atoms with van der Waals surface area (Å²) >= 11 is 0. The van der Waals surface area contributed by atoms with Crippen LogP contribution in [0.1, 0.15) is 13.8 Å². The van der Waals surface area contributed by atoms with Gasteiger partial charge in [0.2, 0.25) is 0 Å². The number of nitrogens with zero attached hydrogens (tertiary/aromatic N) is 3. The Morgan fingerprint density at radius 3 is 2.50 bits per heavy atom. The lowest BCUT2D eigenvalue weighted by Gasteiger charge is -2.07. The molecule has 5 nitrogen and oxygen atoms in total. The SMILES string of the molecule is C[C@H](N=[N+]=[N-])[C@H](C)C(=O)O. The van der Waals surface area contributed by atoms with E-state index in [0.717, 1.165) is 0 Å². The van der Waals surface area contributed by atoms with E-state index in [-0.39, 0.29) is 0 Å². The molecule has 0 aliphatic rings. The molecule has 0 aliphatic carbocycles. The summed E-state index contributed by atoms with van der Waals surface area (Å²) in [5.41, 5.74) is 7.93. The fourth-order valence-electron chi connectivity index (χ4n) is 0.388. The Kier molecular flexibility index (Phi) is 3.28. The average Bonchev–Trinajstić information content (AvgIpc) is 1.87.